The Bertz CT molecular complexity index is 473. The Labute approximate surface area is 164 Å². The highest BCUT2D eigenvalue weighted by molar-refractivity contribution is 5.76. The molecule has 1 saturated carbocycles. The highest BCUT2D eigenvalue weighted by Crippen LogP contribution is 2.39. The summed E-state index contributed by atoms with van der Waals surface area (Å²) in [5.74, 6) is -1.72. The van der Waals surface area contributed by atoms with Gasteiger partial charge in [0.1, 0.15) is 0 Å². The third kappa shape index (κ3) is 8.58. The van der Waals surface area contributed by atoms with E-state index in [-0.39, 0.29) is 6.42 Å². The first-order chi connectivity index (χ1) is 13.0. The number of carbonyl (C=O) groups excluding carboxylic acids is 1. The van der Waals surface area contributed by atoms with Gasteiger partial charge in [0, 0.05) is 6.42 Å². The Morgan fingerprint density at radius 2 is 1.85 bits per heavy atom. The van der Waals surface area contributed by atoms with Crippen LogP contribution in [0.1, 0.15) is 71.1 Å². The molecule has 1 rings (SSSR count). The molecule has 0 aliphatic heterocycles. The molecule has 1 fully saturated rings. The minimum absolute atomic E-state index is 0.0621. The monoisotopic (exact) mass is 381 g/mol. The number of unbranched alkanes of at least 4 members (excludes halogenated alkanes) is 4. The zero-order valence-corrected chi connectivity index (χ0v) is 17.1. The first-order valence-electron chi connectivity index (χ1n) is 10.5. The summed E-state index contributed by atoms with van der Waals surface area (Å²) in [7, 11) is 1.14. The maximum Gasteiger partial charge on any atom is 0.366 e. The summed E-state index contributed by atoms with van der Waals surface area (Å²) in [4.78, 5) is 11.2. The fourth-order valence-electron chi connectivity index (χ4n) is 3.94. The van der Waals surface area contributed by atoms with Gasteiger partial charge in [-0.05, 0) is 62.8 Å². The summed E-state index contributed by atoms with van der Waals surface area (Å²) in [6.45, 7) is 2.97. The lowest BCUT2D eigenvalue weighted by Gasteiger charge is -2.20. The molecule has 4 N–H and O–H groups in total. The topological polar surface area (TPSA) is 92.8 Å². The Kier molecular flexibility index (Phi) is 11.6. The molecule has 5 nitrogen and oxygen atoms in total. The number of rotatable bonds is 13. The lowest BCUT2D eigenvalue weighted by molar-refractivity contribution is -0.208. The highest BCUT2D eigenvalue weighted by Gasteiger charge is 2.34. The van der Waals surface area contributed by atoms with E-state index in [0.717, 1.165) is 26.5 Å². The van der Waals surface area contributed by atoms with Crippen LogP contribution < -0.4 is 5.73 Å². The van der Waals surface area contributed by atoms with E-state index in [2.05, 4.69) is 29.9 Å². The van der Waals surface area contributed by atoms with Gasteiger partial charge in [-0.2, -0.15) is 0 Å². The number of nitrogens with two attached hydrogens (primary N) is 1. The van der Waals surface area contributed by atoms with Crippen molar-refractivity contribution < 1.29 is 19.7 Å². The van der Waals surface area contributed by atoms with Crippen LogP contribution in [-0.2, 0) is 9.53 Å². The Balaban J connectivity index is 2.42. The second kappa shape index (κ2) is 13.1. The van der Waals surface area contributed by atoms with E-state index in [4.69, 9.17) is 5.73 Å². The molecule has 0 heterocycles. The quantitative estimate of drug-likeness (QED) is 0.196. The van der Waals surface area contributed by atoms with E-state index in [0.29, 0.717) is 24.2 Å². The summed E-state index contributed by atoms with van der Waals surface area (Å²) >= 11 is 0. The van der Waals surface area contributed by atoms with Gasteiger partial charge in [-0.1, -0.05) is 50.5 Å². The average Bonchev–Trinajstić information content (AvgIpc) is 3.05. The van der Waals surface area contributed by atoms with E-state index < -0.39 is 11.8 Å². The number of aliphatic hydroxyl groups is 2. The first kappa shape index (κ1) is 23.9. The van der Waals surface area contributed by atoms with Gasteiger partial charge in [0.25, 0.3) is 5.79 Å². The SMILES string of the molecule is CCCCCC/C=C/[C@H]1[C@H](CN)CC[C@@H]1C/C=C\CCC(O)(O)C(=O)OC. The second-order valence-electron chi connectivity index (χ2n) is 7.74. The Morgan fingerprint density at radius 3 is 2.52 bits per heavy atom. The van der Waals surface area contributed by atoms with Crippen LogP contribution in [-0.4, -0.2) is 35.6 Å². The van der Waals surface area contributed by atoms with E-state index in [1.54, 1.807) is 0 Å². The molecule has 3 atom stereocenters. The standard InChI is InChI=1S/C22H39NO4/c1-3-4-5-6-7-10-13-20-18(14-15-19(20)17-23)12-9-8-11-16-22(25,26)21(24)27-2/h8-10,13,18-20,25-26H,3-7,11-12,14-17,23H2,1-2H3/b9-8-,13-10+/t18-,19-,20+/m0/s1. The van der Waals surface area contributed by atoms with Crippen LogP contribution in [0, 0.1) is 17.8 Å². The molecule has 0 aromatic carbocycles. The lowest BCUT2D eigenvalue weighted by Crippen LogP contribution is -2.39. The van der Waals surface area contributed by atoms with Gasteiger partial charge in [0.2, 0.25) is 0 Å². The molecular weight excluding hydrogens is 342 g/mol. The number of esters is 1. The van der Waals surface area contributed by atoms with Crippen LogP contribution in [0.4, 0.5) is 0 Å². The van der Waals surface area contributed by atoms with Crippen LogP contribution in [0.2, 0.25) is 0 Å². The van der Waals surface area contributed by atoms with E-state index in [9.17, 15) is 15.0 Å². The molecule has 0 saturated heterocycles. The van der Waals surface area contributed by atoms with Crippen LogP contribution in [0.3, 0.4) is 0 Å². The third-order valence-corrected chi connectivity index (χ3v) is 5.66. The summed E-state index contributed by atoms with van der Waals surface area (Å²) in [6.07, 6.45) is 18.7. The molecule has 0 bridgehead atoms. The largest absolute Gasteiger partial charge is 0.465 e. The van der Waals surface area contributed by atoms with E-state index in [1.165, 1.54) is 38.5 Å². The van der Waals surface area contributed by atoms with Crippen molar-refractivity contribution in [3.8, 4) is 0 Å². The predicted octanol–water partition coefficient (Wildman–Crippen LogP) is 3.69. The van der Waals surface area contributed by atoms with Crippen LogP contribution >= 0.6 is 0 Å². The van der Waals surface area contributed by atoms with Crippen molar-refractivity contribution in [2.75, 3.05) is 13.7 Å². The van der Waals surface area contributed by atoms with Gasteiger partial charge < -0.3 is 20.7 Å². The average molecular weight is 382 g/mol. The second-order valence-corrected chi connectivity index (χ2v) is 7.74. The molecule has 1 aliphatic carbocycles. The summed E-state index contributed by atoms with van der Waals surface area (Å²) in [5.41, 5.74) is 5.97. The lowest BCUT2D eigenvalue weighted by atomic mass is 9.86. The highest BCUT2D eigenvalue weighted by atomic mass is 16.6. The fraction of sp³-hybridized carbons (Fsp3) is 0.773. The van der Waals surface area contributed by atoms with Crippen molar-refractivity contribution in [1.82, 2.24) is 0 Å². The fourth-order valence-corrected chi connectivity index (χ4v) is 3.94. The van der Waals surface area contributed by atoms with Gasteiger partial charge in [-0.15, -0.1) is 0 Å². The van der Waals surface area contributed by atoms with Gasteiger partial charge >= 0.3 is 5.97 Å². The van der Waals surface area contributed by atoms with Crippen LogP contribution in [0.5, 0.6) is 0 Å². The number of hydrogen-bond donors (Lipinski definition) is 3. The Morgan fingerprint density at radius 1 is 1.11 bits per heavy atom. The normalized spacial score (nSPS) is 23.5. The molecule has 156 valence electrons. The number of allylic oxidation sites excluding steroid dienone is 4. The smallest absolute Gasteiger partial charge is 0.366 e. The molecular formula is C22H39NO4. The minimum Gasteiger partial charge on any atom is -0.465 e. The van der Waals surface area contributed by atoms with Crippen molar-refractivity contribution in [3.63, 3.8) is 0 Å². The van der Waals surface area contributed by atoms with E-state index in [1.807, 2.05) is 6.08 Å². The van der Waals surface area contributed by atoms with E-state index >= 15 is 0 Å². The maximum atomic E-state index is 11.2. The number of ether oxygens (including phenoxy) is 1. The minimum atomic E-state index is -2.40. The van der Waals surface area contributed by atoms with Crippen LogP contribution in [0.25, 0.3) is 0 Å². The molecule has 0 aromatic heterocycles. The zero-order valence-electron chi connectivity index (χ0n) is 17.1. The molecule has 0 radical (unpaired) electrons. The van der Waals surface area contributed by atoms with Gasteiger partial charge in [0.15, 0.2) is 0 Å². The maximum absolute atomic E-state index is 11.2. The summed E-state index contributed by atoms with van der Waals surface area (Å²) in [6, 6.07) is 0. The van der Waals surface area contributed by atoms with Crippen molar-refractivity contribution >= 4 is 5.97 Å². The van der Waals surface area contributed by atoms with Crippen LogP contribution in [0.15, 0.2) is 24.3 Å². The number of hydrogen-bond acceptors (Lipinski definition) is 5. The summed E-state index contributed by atoms with van der Waals surface area (Å²) in [5, 5.41) is 19.2. The molecule has 1 aliphatic rings. The summed E-state index contributed by atoms with van der Waals surface area (Å²) < 4.78 is 4.38. The van der Waals surface area contributed by atoms with Gasteiger partial charge in [-0.3, -0.25) is 0 Å². The van der Waals surface area contributed by atoms with Crippen molar-refractivity contribution in [3.05, 3.63) is 24.3 Å². The van der Waals surface area contributed by atoms with Crippen molar-refractivity contribution in [1.29, 1.82) is 0 Å². The van der Waals surface area contributed by atoms with Crippen molar-refractivity contribution in [2.24, 2.45) is 23.5 Å². The molecule has 0 unspecified atom stereocenters. The molecule has 0 aromatic rings. The number of methoxy groups -OCH3 is 1. The number of carbonyl (C=O) groups is 1. The van der Waals surface area contributed by atoms with Gasteiger partial charge in [0.05, 0.1) is 7.11 Å². The molecule has 5 heteroatoms. The molecule has 0 spiro atoms. The zero-order chi connectivity index (χ0) is 20.1. The molecule has 0 amide bonds. The third-order valence-electron chi connectivity index (χ3n) is 5.66. The predicted molar refractivity (Wildman–Crippen MR) is 109 cm³/mol. The Hall–Kier alpha value is -1.17. The van der Waals surface area contributed by atoms with Gasteiger partial charge in [-0.25, -0.2) is 4.79 Å². The molecule has 27 heavy (non-hydrogen) atoms. The van der Waals surface area contributed by atoms with Crippen molar-refractivity contribution in [2.45, 2.75) is 76.9 Å². The first-order valence-corrected chi connectivity index (χ1v) is 10.5.